The van der Waals surface area contributed by atoms with Gasteiger partial charge in [0.1, 0.15) is 6.04 Å². The first-order valence-electron chi connectivity index (χ1n) is 7.93. The van der Waals surface area contributed by atoms with Gasteiger partial charge in [0.25, 0.3) is 0 Å². The van der Waals surface area contributed by atoms with Gasteiger partial charge in [0.15, 0.2) is 0 Å². The average molecular weight is 268 g/mol. The van der Waals surface area contributed by atoms with Gasteiger partial charge in [0.05, 0.1) is 6.61 Å². The molecule has 19 heavy (non-hydrogen) atoms. The van der Waals surface area contributed by atoms with Crippen LogP contribution in [0.15, 0.2) is 0 Å². The van der Waals surface area contributed by atoms with Crippen molar-refractivity contribution in [1.82, 2.24) is 10.2 Å². The molecule has 3 atom stereocenters. The Labute approximate surface area is 116 Å². The molecule has 2 rings (SSSR count). The first-order valence-corrected chi connectivity index (χ1v) is 7.93. The third kappa shape index (κ3) is 3.69. The van der Waals surface area contributed by atoms with Gasteiger partial charge in [0.2, 0.25) is 0 Å². The maximum Gasteiger partial charge on any atom is 0.323 e. The van der Waals surface area contributed by atoms with Crippen molar-refractivity contribution in [3.05, 3.63) is 0 Å². The lowest BCUT2D eigenvalue weighted by molar-refractivity contribution is -0.146. The average Bonchev–Trinajstić information content (AvgIpc) is 2.82. The molecule has 4 heteroatoms. The first-order chi connectivity index (χ1) is 9.26. The molecule has 2 saturated heterocycles. The second kappa shape index (κ2) is 7.25. The molecule has 2 heterocycles. The van der Waals surface area contributed by atoms with Crippen LogP contribution in [0.4, 0.5) is 0 Å². The van der Waals surface area contributed by atoms with Gasteiger partial charge in [-0.2, -0.15) is 0 Å². The van der Waals surface area contributed by atoms with E-state index >= 15 is 0 Å². The second-order valence-electron chi connectivity index (χ2n) is 5.75. The number of hydrogen-bond donors (Lipinski definition) is 1. The number of nitrogens with one attached hydrogen (secondary N) is 1. The minimum Gasteiger partial charge on any atom is -0.465 e. The Morgan fingerprint density at radius 3 is 2.89 bits per heavy atom. The lowest BCUT2D eigenvalue weighted by Gasteiger charge is -2.34. The van der Waals surface area contributed by atoms with Gasteiger partial charge in [-0.15, -0.1) is 0 Å². The van der Waals surface area contributed by atoms with E-state index in [0.29, 0.717) is 18.7 Å². The minimum absolute atomic E-state index is 0.0707. The summed E-state index contributed by atoms with van der Waals surface area (Å²) in [4.78, 5) is 14.6. The maximum absolute atomic E-state index is 12.0. The molecular formula is C15H28N2O2. The number of carbonyl (C=O) groups is 1. The molecule has 1 N–H and O–H groups in total. The zero-order valence-electron chi connectivity index (χ0n) is 12.4. The van der Waals surface area contributed by atoms with Gasteiger partial charge >= 0.3 is 5.97 Å². The monoisotopic (exact) mass is 268 g/mol. The number of rotatable bonds is 6. The third-order valence-corrected chi connectivity index (χ3v) is 4.42. The third-order valence-electron chi connectivity index (χ3n) is 4.42. The van der Waals surface area contributed by atoms with Gasteiger partial charge in [-0.05, 0) is 39.2 Å². The molecule has 0 saturated carbocycles. The number of nitrogens with zero attached hydrogens (tertiary/aromatic N) is 1. The molecule has 0 aliphatic carbocycles. The maximum atomic E-state index is 12.0. The summed E-state index contributed by atoms with van der Waals surface area (Å²) in [6, 6.07) is 1.00. The van der Waals surface area contributed by atoms with Gasteiger partial charge < -0.3 is 4.74 Å². The molecule has 0 amide bonds. The van der Waals surface area contributed by atoms with Crippen LogP contribution in [-0.2, 0) is 9.53 Å². The molecule has 110 valence electrons. The van der Waals surface area contributed by atoms with Crippen molar-refractivity contribution < 1.29 is 9.53 Å². The number of ether oxygens (including phenoxy) is 1. The topological polar surface area (TPSA) is 41.6 Å². The van der Waals surface area contributed by atoms with Crippen LogP contribution in [0.5, 0.6) is 0 Å². The van der Waals surface area contributed by atoms with Crippen LogP contribution >= 0.6 is 0 Å². The fraction of sp³-hybridized carbons (Fsp3) is 0.933. The van der Waals surface area contributed by atoms with Crippen molar-refractivity contribution >= 4 is 5.97 Å². The Balaban J connectivity index is 1.91. The summed E-state index contributed by atoms with van der Waals surface area (Å²) in [7, 11) is 0. The molecule has 0 aromatic rings. The highest BCUT2D eigenvalue weighted by Crippen LogP contribution is 2.27. The molecule has 0 bridgehead atoms. The summed E-state index contributed by atoms with van der Waals surface area (Å²) in [5, 5.41) is 3.58. The summed E-state index contributed by atoms with van der Waals surface area (Å²) in [5.74, 6) is -0.0707. The van der Waals surface area contributed by atoms with Crippen molar-refractivity contribution in [3.8, 4) is 0 Å². The molecule has 0 spiro atoms. The van der Waals surface area contributed by atoms with E-state index < -0.39 is 0 Å². The van der Waals surface area contributed by atoms with Crippen LogP contribution in [0.1, 0.15) is 52.4 Å². The van der Waals surface area contributed by atoms with Gasteiger partial charge in [-0.25, -0.2) is 0 Å². The molecule has 0 aromatic carbocycles. The second-order valence-corrected chi connectivity index (χ2v) is 5.75. The van der Waals surface area contributed by atoms with Crippen molar-refractivity contribution in [2.75, 3.05) is 19.7 Å². The predicted octanol–water partition coefficient (Wildman–Crippen LogP) is 1.93. The summed E-state index contributed by atoms with van der Waals surface area (Å²) in [5.41, 5.74) is 0. The van der Waals surface area contributed by atoms with Gasteiger partial charge in [-0.3, -0.25) is 15.0 Å². The van der Waals surface area contributed by atoms with Crippen LogP contribution in [0.3, 0.4) is 0 Å². The van der Waals surface area contributed by atoms with E-state index in [2.05, 4.69) is 17.1 Å². The van der Waals surface area contributed by atoms with E-state index in [9.17, 15) is 4.79 Å². The number of fused-ring (bicyclic) bond motifs is 1. The first kappa shape index (κ1) is 14.8. The minimum atomic E-state index is -0.114. The summed E-state index contributed by atoms with van der Waals surface area (Å²) >= 11 is 0. The van der Waals surface area contributed by atoms with Crippen molar-refractivity contribution in [1.29, 1.82) is 0 Å². The quantitative estimate of drug-likeness (QED) is 0.748. The number of carbonyl (C=O) groups excluding carboxylic acids is 1. The predicted molar refractivity (Wildman–Crippen MR) is 76.1 cm³/mol. The van der Waals surface area contributed by atoms with Crippen LogP contribution in [0, 0.1) is 0 Å². The molecular weight excluding hydrogens is 240 g/mol. The van der Waals surface area contributed by atoms with Crippen LogP contribution in [0.25, 0.3) is 0 Å². The molecule has 4 nitrogen and oxygen atoms in total. The van der Waals surface area contributed by atoms with E-state index in [1.165, 1.54) is 38.8 Å². The van der Waals surface area contributed by atoms with E-state index in [-0.39, 0.29) is 12.0 Å². The van der Waals surface area contributed by atoms with E-state index in [0.717, 1.165) is 12.8 Å². The largest absolute Gasteiger partial charge is 0.465 e. The summed E-state index contributed by atoms with van der Waals surface area (Å²) in [6.45, 7) is 6.89. The molecule has 0 aromatic heterocycles. The van der Waals surface area contributed by atoms with E-state index in [1.54, 1.807) is 0 Å². The molecule has 2 fully saturated rings. The van der Waals surface area contributed by atoms with Crippen LogP contribution in [-0.4, -0.2) is 48.7 Å². The molecule has 2 aliphatic rings. The summed E-state index contributed by atoms with van der Waals surface area (Å²) < 4.78 is 5.19. The lowest BCUT2D eigenvalue weighted by atomic mass is 9.98. The summed E-state index contributed by atoms with van der Waals surface area (Å²) in [6.07, 6.45) is 7.00. The van der Waals surface area contributed by atoms with Crippen LogP contribution < -0.4 is 5.32 Å². The highest BCUT2D eigenvalue weighted by atomic mass is 16.5. The SMILES string of the molecule is CCCC(NC1CCN2CCCCC12)C(=O)OCC. The standard InChI is InChI=1S/C15H28N2O2/c1-3-7-13(15(18)19-4-2)16-12-9-11-17-10-6-5-8-14(12)17/h12-14,16H,3-11H2,1-2H3. The Kier molecular flexibility index (Phi) is 5.64. The Morgan fingerprint density at radius 1 is 1.32 bits per heavy atom. The number of piperidine rings is 1. The van der Waals surface area contributed by atoms with Gasteiger partial charge in [-0.1, -0.05) is 19.8 Å². The number of esters is 1. The van der Waals surface area contributed by atoms with Crippen molar-refractivity contribution in [3.63, 3.8) is 0 Å². The zero-order chi connectivity index (χ0) is 13.7. The van der Waals surface area contributed by atoms with Crippen LogP contribution in [0.2, 0.25) is 0 Å². The zero-order valence-corrected chi connectivity index (χ0v) is 12.4. The fourth-order valence-corrected chi connectivity index (χ4v) is 3.50. The molecule has 2 aliphatic heterocycles. The Hall–Kier alpha value is -0.610. The smallest absolute Gasteiger partial charge is 0.323 e. The highest BCUT2D eigenvalue weighted by molar-refractivity contribution is 5.75. The number of hydrogen-bond acceptors (Lipinski definition) is 4. The lowest BCUT2D eigenvalue weighted by Crippen LogP contribution is -2.50. The van der Waals surface area contributed by atoms with E-state index in [1.807, 2.05) is 6.92 Å². The van der Waals surface area contributed by atoms with Gasteiger partial charge in [0, 0.05) is 18.6 Å². The van der Waals surface area contributed by atoms with Crippen molar-refractivity contribution in [2.24, 2.45) is 0 Å². The molecule has 0 radical (unpaired) electrons. The normalized spacial score (nSPS) is 28.9. The molecule has 3 unspecified atom stereocenters. The van der Waals surface area contributed by atoms with E-state index in [4.69, 9.17) is 4.74 Å². The highest BCUT2D eigenvalue weighted by Gasteiger charge is 2.37. The van der Waals surface area contributed by atoms with Crippen molar-refractivity contribution in [2.45, 2.75) is 70.5 Å². The fourth-order valence-electron chi connectivity index (χ4n) is 3.50. The Morgan fingerprint density at radius 2 is 2.16 bits per heavy atom. The Bertz CT molecular complexity index is 296.